The van der Waals surface area contributed by atoms with Crippen molar-refractivity contribution in [3.8, 4) is 0 Å². The minimum absolute atomic E-state index is 0.177. The molecule has 3 N–H and O–H groups in total. The van der Waals surface area contributed by atoms with Gasteiger partial charge in [-0.05, 0) is 30.5 Å². The van der Waals surface area contributed by atoms with Gasteiger partial charge in [0.05, 0.1) is 0 Å². The topological polar surface area (TPSA) is 38.0 Å². The van der Waals surface area contributed by atoms with E-state index < -0.39 is 0 Å². The summed E-state index contributed by atoms with van der Waals surface area (Å²) >= 11 is 0. The SMILES string of the molecule is NC1C2CCC(N2)C1c1ccc(F)cc1. The van der Waals surface area contributed by atoms with Gasteiger partial charge in [-0.2, -0.15) is 0 Å². The van der Waals surface area contributed by atoms with Gasteiger partial charge in [-0.1, -0.05) is 12.1 Å². The number of nitrogens with two attached hydrogens (primary N) is 1. The van der Waals surface area contributed by atoms with Gasteiger partial charge in [-0.15, -0.1) is 0 Å². The molecule has 0 saturated carbocycles. The van der Waals surface area contributed by atoms with E-state index >= 15 is 0 Å². The largest absolute Gasteiger partial charge is 0.326 e. The van der Waals surface area contributed by atoms with E-state index in [0.717, 1.165) is 0 Å². The molecular formula is C12H15FN2. The zero-order valence-electron chi connectivity index (χ0n) is 8.49. The highest BCUT2D eigenvalue weighted by atomic mass is 19.1. The molecule has 4 atom stereocenters. The Morgan fingerprint density at radius 3 is 2.40 bits per heavy atom. The summed E-state index contributed by atoms with van der Waals surface area (Å²) in [4.78, 5) is 0. The second-order valence-electron chi connectivity index (χ2n) is 4.61. The number of hydrogen-bond donors (Lipinski definition) is 2. The summed E-state index contributed by atoms with van der Waals surface area (Å²) in [6.07, 6.45) is 2.38. The van der Waals surface area contributed by atoms with Crippen molar-refractivity contribution in [1.82, 2.24) is 5.32 Å². The van der Waals surface area contributed by atoms with E-state index in [2.05, 4.69) is 5.32 Å². The molecule has 1 aromatic rings. The first kappa shape index (κ1) is 9.31. The van der Waals surface area contributed by atoms with Gasteiger partial charge in [-0.25, -0.2) is 4.39 Å². The predicted molar refractivity (Wildman–Crippen MR) is 57.1 cm³/mol. The standard InChI is InChI=1S/C12H15FN2/c13-8-3-1-7(2-4-8)11-9-5-6-10(15-9)12(11)14/h1-4,9-12,15H,5-6,14H2. The molecule has 0 aromatic heterocycles. The van der Waals surface area contributed by atoms with E-state index in [1.807, 2.05) is 12.1 Å². The minimum Gasteiger partial charge on any atom is -0.326 e. The molecule has 1 aromatic carbocycles. The van der Waals surface area contributed by atoms with E-state index in [0.29, 0.717) is 18.0 Å². The maximum absolute atomic E-state index is 12.8. The Kier molecular flexibility index (Phi) is 2.04. The van der Waals surface area contributed by atoms with E-state index in [1.54, 1.807) is 0 Å². The van der Waals surface area contributed by atoms with Crippen LogP contribution in [0.4, 0.5) is 4.39 Å². The van der Waals surface area contributed by atoms with Crippen LogP contribution in [0.1, 0.15) is 24.3 Å². The van der Waals surface area contributed by atoms with Crippen molar-refractivity contribution < 1.29 is 4.39 Å². The van der Waals surface area contributed by atoms with E-state index in [1.165, 1.54) is 30.5 Å². The average Bonchev–Trinajstić information content (AvgIpc) is 2.80. The van der Waals surface area contributed by atoms with Crippen LogP contribution in [-0.2, 0) is 0 Å². The highest BCUT2D eigenvalue weighted by molar-refractivity contribution is 5.28. The lowest BCUT2D eigenvalue weighted by Gasteiger charge is -2.26. The van der Waals surface area contributed by atoms with Crippen molar-refractivity contribution in [3.63, 3.8) is 0 Å². The van der Waals surface area contributed by atoms with Crippen LogP contribution in [0.2, 0.25) is 0 Å². The molecule has 2 aliphatic heterocycles. The highest BCUT2D eigenvalue weighted by Gasteiger charge is 2.45. The second-order valence-corrected chi connectivity index (χ2v) is 4.61. The van der Waals surface area contributed by atoms with Crippen molar-refractivity contribution in [2.45, 2.75) is 36.9 Å². The van der Waals surface area contributed by atoms with Gasteiger partial charge in [0.2, 0.25) is 0 Å². The molecule has 0 radical (unpaired) electrons. The third kappa shape index (κ3) is 1.38. The van der Waals surface area contributed by atoms with Crippen LogP contribution < -0.4 is 11.1 Å². The highest BCUT2D eigenvalue weighted by Crippen LogP contribution is 2.39. The Labute approximate surface area is 88.7 Å². The molecule has 2 fully saturated rings. The van der Waals surface area contributed by atoms with Crippen LogP contribution in [0.5, 0.6) is 0 Å². The molecule has 2 nitrogen and oxygen atoms in total. The quantitative estimate of drug-likeness (QED) is 0.728. The molecule has 0 aliphatic carbocycles. The lowest BCUT2D eigenvalue weighted by atomic mass is 9.80. The number of fused-ring (bicyclic) bond motifs is 2. The maximum atomic E-state index is 12.8. The van der Waals surface area contributed by atoms with Gasteiger partial charge in [0, 0.05) is 24.0 Å². The molecule has 15 heavy (non-hydrogen) atoms. The maximum Gasteiger partial charge on any atom is 0.123 e. The Morgan fingerprint density at radius 2 is 1.80 bits per heavy atom. The molecule has 2 aliphatic rings. The van der Waals surface area contributed by atoms with Crippen LogP contribution in [0, 0.1) is 5.82 Å². The van der Waals surface area contributed by atoms with Crippen LogP contribution in [0.3, 0.4) is 0 Å². The van der Waals surface area contributed by atoms with Gasteiger partial charge >= 0.3 is 0 Å². The number of benzene rings is 1. The van der Waals surface area contributed by atoms with Gasteiger partial charge in [0.15, 0.2) is 0 Å². The van der Waals surface area contributed by atoms with Gasteiger partial charge < -0.3 is 11.1 Å². The smallest absolute Gasteiger partial charge is 0.123 e. The number of hydrogen-bond acceptors (Lipinski definition) is 2. The fourth-order valence-corrected chi connectivity index (χ4v) is 3.05. The Balaban J connectivity index is 1.91. The van der Waals surface area contributed by atoms with Crippen molar-refractivity contribution in [2.24, 2.45) is 5.73 Å². The number of halogens is 1. The lowest BCUT2D eigenvalue weighted by Crippen LogP contribution is -2.38. The Hall–Kier alpha value is -0.930. The Bertz CT molecular complexity index is 360. The van der Waals surface area contributed by atoms with E-state index in [4.69, 9.17) is 5.73 Å². The molecular weight excluding hydrogens is 191 g/mol. The molecule has 2 saturated heterocycles. The molecule has 0 spiro atoms. The van der Waals surface area contributed by atoms with E-state index in [9.17, 15) is 4.39 Å². The van der Waals surface area contributed by atoms with Crippen molar-refractivity contribution in [1.29, 1.82) is 0 Å². The minimum atomic E-state index is -0.177. The van der Waals surface area contributed by atoms with Gasteiger partial charge in [0.1, 0.15) is 5.82 Å². The molecule has 3 rings (SSSR count). The van der Waals surface area contributed by atoms with Crippen molar-refractivity contribution in [2.75, 3.05) is 0 Å². The van der Waals surface area contributed by atoms with Crippen molar-refractivity contribution in [3.05, 3.63) is 35.6 Å². The fourth-order valence-electron chi connectivity index (χ4n) is 3.05. The summed E-state index contributed by atoms with van der Waals surface area (Å²) in [6, 6.07) is 7.92. The monoisotopic (exact) mass is 206 g/mol. The van der Waals surface area contributed by atoms with Crippen LogP contribution in [0.15, 0.2) is 24.3 Å². The summed E-state index contributed by atoms with van der Waals surface area (Å²) in [7, 11) is 0. The first-order valence-electron chi connectivity index (χ1n) is 5.53. The zero-order chi connectivity index (χ0) is 10.4. The molecule has 80 valence electrons. The predicted octanol–water partition coefficient (Wildman–Crippen LogP) is 1.37. The molecule has 3 heteroatoms. The van der Waals surface area contributed by atoms with E-state index in [-0.39, 0.29) is 11.9 Å². The number of rotatable bonds is 1. The summed E-state index contributed by atoms with van der Waals surface area (Å²) in [5.74, 6) is 0.188. The van der Waals surface area contributed by atoms with Gasteiger partial charge in [-0.3, -0.25) is 0 Å². The van der Waals surface area contributed by atoms with Crippen LogP contribution >= 0.6 is 0 Å². The summed E-state index contributed by atoms with van der Waals surface area (Å²) in [5, 5.41) is 3.52. The third-order valence-corrected chi connectivity index (χ3v) is 3.78. The second kappa shape index (κ2) is 3.29. The molecule has 2 heterocycles. The first-order valence-corrected chi connectivity index (χ1v) is 5.53. The van der Waals surface area contributed by atoms with Crippen LogP contribution in [-0.4, -0.2) is 18.1 Å². The normalized spacial score (nSPS) is 38.5. The fraction of sp³-hybridized carbons (Fsp3) is 0.500. The first-order chi connectivity index (χ1) is 7.25. The zero-order valence-corrected chi connectivity index (χ0v) is 8.49. The summed E-state index contributed by atoms with van der Waals surface area (Å²) in [5.41, 5.74) is 7.35. The van der Waals surface area contributed by atoms with Crippen LogP contribution in [0.25, 0.3) is 0 Å². The lowest BCUT2D eigenvalue weighted by molar-refractivity contribution is 0.444. The van der Waals surface area contributed by atoms with Gasteiger partial charge in [0.25, 0.3) is 0 Å². The molecule has 4 unspecified atom stereocenters. The molecule has 0 amide bonds. The number of nitrogens with one attached hydrogen (secondary N) is 1. The molecule has 2 bridgehead atoms. The third-order valence-electron chi connectivity index (χ3n) is 3.78. The summed E-state index contributed by atoms with van der Waals surface area (Å²) in [6.45, 7) is 0. The summed E-state index contributed by atoms with van der Waals surface area (Å²) < 4.78 is 12.8. The van der Waals surface area contributed by atoms with Crippen molar-refractivity contribution >= 4 is 0 Å². The Morgan fingerprint density at radius 1 is 1.13 bits per heavy atom. The average molecular weight is 206 g/mol.